The molecule has 1 heterocycles. The number of rotatable bonds is 6. The van der Waals surface area contributed by atoms with Crippen molar-refractivity contribution in [2.24, 2.45) is 5.84 Å². The van der Waals surface area contributed by atoms with Crippen LogP contribution in [0, 0.1) is 30.3 Å². The number of hydrogen-bond acceptors (Lipinski definition) is 10. The summed E-state index contributed by atoms with van der Waals surface area (Å²) in [6.07, 6.45) is 3.95. The second-order valence-electron chi connectivity index (χ2n) is 6.84. The Kier molecular flexibility index (Phi) is 4.82. The van der Waals surface area contributed by atoms with Gasteiger partial charge in [-0.15, -0.1) is 10.2 Å². The summed E-state index contributed by atoms with van der Waals surface area (Å²) in [7, 11) is 0. The summed E-state index contributed by atoms with van der Waals surface area (Å²) in [5.41, 5.74) is -2.34. The first-order chi connectivity index (χ1) is 15.2. The van der Waals surface area contributed by atoms with Crippen LogP contribution in [0.2, 0.25) is 0 Å². The summed E-state index contributed by atoms with van der Waals surface area (Å²) < 4.78 is 0. The molecule has 0 fully saturated rings. The first-order valence-electron chi connectivity index (χ1n) is 9.07. The third kappa shape index (κ3) is 3.29. The van der Waals surface area contributed by atoms with E-state index >= 15 is 0 Å². The number of nitrogens with two attached hydrogens (primary N) is 1. The molecule has 1 unspecified atom stereocenters. The molecule has 2 aromatic carbocycles. The average Bonchev–Trinajstić information content (AvgIpc) is 3.22. The lowest BCUT2D eigenvalue weighted by Gasteiger charge is -2.33. The van der Waals surface area contributed by atoms with Gasteiger partial charge in [-0.25, -0.2) is 10.9 Å². The van der Waals surface area contributed by atoms with Crippen molar-refractivity contribution in [3.63, 3.8) is 0 Å². The maximum atomic E-state index is 11.9. The molecule has 162 valence electrons. The van der Waals surface area contributed by atoms with Crippen LogP contribution in [0.4, 0.5) is 17.1 Å². The molecule has 0 saturated heterocycles. The van der Waals surface area contributed by atoms with Gasteiger partial charge in [-0.2, -0.15) is 4.80 Å². The molecule has 0 bridgehead atoms. The second-order valence-corrected chi connectivity index (χ2v) is 6.84. The third-order valence-electron chi connectivity index (χ3n) is 4.99. The van der Waals surface area contributed by atoms with E-state index in [1.165, 1.54) is 18.2 Å². The third-order valence-corrected chi connectivity index (χ3v) is 4.99. The molecule has 1 atom stereocenters. The van der Waals surface area contributed by atoms with Crippen molar-refractivity contribution >= 4 is 33.8 Å². The number of para-hydroxylation sites is 1. The molecular weight excluding hydrogens is 424 g/mol. The van der Waals surface area contributed by atoms with Crippen LogP contribution in [-0.4, -0.2) is 35.4 Å². The van der Waals surface area contributed by atoms with Crippen LogP contribution in [0.1, 0.15) is 6.42 Å². The van der Waals surface area contributed by atoms with Gasteiger partial charge in [0.25, 0.3) is 5.69 Å². The molecule has 0 saturated carbocycles. The number of hydrogen-bond donors (Lipinski definition) is 1. The zero-order valence-electron chi connectivity index (χ0n) is 16.1. The fourth-order valence-electron chi connectivity index (χ4n) is 3.32. The highest BCUT2D eigenvalue weighted by Gasteiger charge is 2.46. The summed E-state index contributed by atoms with van der Waals surface area (Å²) in [6.45, 7) is 0. The van der Waals surface area contributed by atoms with E-state index in [0.717, 1.165) is 21.9 Å². The lowest BCUT2D eigenvalue weighted by Crippen LogP contribution is -2.57. The largest absolute Gasteiger partial charge is 0.331 e. The standard InChI is InChI=1S/C18H14N8O6/c19-22(12-4-2-1-3-5-12)18(26(31)32)8-6-13(7-9-18)23-20-15-10-14(24(27)28)11-16(25(29)30)17(15)21-23/h1-8,10-11H,9,19H2. The number of benzene rings is 2. The monoisotopic (exact) mass is 438 g/mol. The first kappa shape index (κ1) is 20.5. The zero-order valence-corrected chi connectivity index (χ0v) is 16.1. The number of fused-ring (bicyclic) bond motifs is 1. The Balaban J connectivity index is 1.73. The van der Waals surface area contributed by atoms with Crippen molar-refractivity contribution in [1.82, 2.24) is 15.0 Å². The van der Waals surface area contributed by atoms with E-state index < -0.39 is 31.8 Å². The molecule has 1 aliphatic carbocycles. The Morgan fingerprint density at radius 1 is 1.03 bits per heavy atom. The minimum Gasteiger partial charge on any atom is -0.262 e. The topological polar surface area (TPSA) is 189 Å². The van der Waals surface area contributed by atoms with E-state index in [2.05, 4.69) is 10.2 Å². The molecular formula is C18H14N8O6. The van der Waals surface area contributed by atoms with Crippen LogP contribution >= 0.6 is 0 Å². The number of aromatic nitrogens is 3. The Morgan fingerprint density at radius 3 is 2.31 bits per heavy atom. The van der Waals surface area contributed by atoms with Gasteiger partial charge in [0.2, 0.25) is 0 Å². The van der Waals surface area contributed by atoms with Gasteiger partial charge in [0.15, 0.2) is 5.52 Å². The quantitative estimate of drug-likeness (QED) is 0.259. The van der Waals surface area contributed by atoms with Crippen molar-refractivity contribution in [3.05, 3.63) is 91.0 Å². The van der Waals surface area contributed by atoms with Crippen molar-refractivity contribution in [3.8, 4) is 0 Å². The molecule has 0 radical (unpaired) electrons. The average molecular weight is 438 g/mol. The molecule has 2 N–H and O–H groups in total. The van der Waals surface area contributed by atoms with Crippen molar-refractivity contribution < 1.29 is 14.8 Å². The summed E-state index contributed by atoms with van der Waals surface area (Å²) in [6, 6.07) is 10.3. The highest BCUT2D eigenvalue weighted by molar-refractivity contribution is 5.87. The van der Waals surface area contributed by atoms with Gasteiger partial charge in [-0.05, 0) is 24.3 Å². The summed E-state index contributed by atoms with van der Waals surface area (Å²) in [5.74, 6) is 6.08. The van der Waals surface area contributed by atoms with E-state index in [0.29, 0.717) is 5.69 Å². The minimum atomic E-state index is -1.78. The Hall–Kier alpha value is -4.72. The summed E-state index contributed by atoms with van der Waals surface area (Å²) in [4.78, 5) is 33.3. The van der Waals surface area contributed by atoms with Crippen LogP contribution in [0.3, 0.4) is 0 Å². The highest BCUT2D eigenvalue weighted by atomic mass is 16.6. The molecule has 14 heteroatoms. The van der Waals surface area contributed by atoms with Gasteiger partial charge < -0.3 is 0 Å². The van der Waals surface area contributed by atoms with Crippen molar-refractivity contribution in [2.45, 2.75) is 12.1 Å². The lowest BCUT2D eigenvalue weighted by molar-refractivity contribution is -0.554. The predicted octanol–water partition coefficient (Wildman–Crippen LogP) is 2.40. The van der Waals surface area contributed by atoms with Gasteiger partial charge >= 0.3 is 11.4 Å². The molecule has 0 aliphatic heterocycles. The van der Waals surface area contributed by atoms with Crippen LogP contribution in [0.25, 0.3) is 16.7 Å². The molecule has 1 aliphatic rings. The maximum absolute atomic E-state index is 11.9. The molecule has 1 aromatic heterocycles. The first-order valence-corrected chi connectivity index (χ1v) is 9.07. The number of hydrazine groups is 1. The van der Waals surface area contributed by atoms with Crippen LogP contribution in [0.5, 0.6) is 0 Å². The minimum absolute atomic E-state index is 0.0592. The van der Waals surface area contributed by atoms with Crippen LogP contribution < -0.4 is 10.9 Å². The molecule has 0 amide bonds. The Labute approximate surface area is 178 Å². The number of nitro groups is 3. The van der Waals surface area contributed by atoms with Crippen molar-refractivity contribution in [1.29, 1.82) is 0 Å². The van der Waals surface area contributed by atoms with Gasteiger partial charge in [0.05, 0.1) is 38.6 Å². The summed E-state index contributed by atoms with van der Waals surface area (Å²) in [5, 5.41) is 43.5. The zero-order chi connectivity index (χ0) is 23.0. The predicted molar refractivity (Wildman–Crippen MR) is 112 cm³/mol. The number of anilines is 1. The van der Waals surface area contributed by atoms with E-state index in [1.807, 2.05) is 0 Å². The summed E-state index contributed by atoms with van der Waals surface area (Å²) >= 11 is 0. The SMILES string of the molecule is NN(c1ccccc1)C1([N+](=O)[O-])C=CC(n2nc3cc([N+](=O)[O-])cc([N+](=O)[O-])c3n2)=CC1. The fraction of sp³-hybridized carbons (Fsp3) is 0.111. The van der Waals surface area contributed by atoms with E-state index in [1.54, 1.807) is 30.3 Å². The van der Waals surface area contributed by atoms with Gasteiger partial charge in [0, 0.05) is 12.1 Å². The van der Waals surface area contributed by atoms with Gasteiger partial charge in [-0.3, -0.25) is 30.3 Å². The molecule has 14 nitrogen and oxygen atoms in total. The Morgan fingerprint density at radius 2 is 1.75 bits per heavy atom. The van der Waals surface area contributed by atoms with Gasteiger partial charge in [-0.1, -0.05) is 18.2 Å². The van der Waals surface area contributed by atoms with Crippen molar-refractivity contribution in [2.75, 3.05) is 5.01 Å². The molecule has 3 aromatic rings. The van der Waals surface area contributed by atoms with E-state index in [-0.39, 0.29) is 23.2 Å². The number of nitro benzene ring substituents is 2. The molecule has 0 spiro atoms. The van der Waals surface area contributed by atoms with Crippen LogP contribution in [0.15, 0.2) is 60.7 Å². The van der Waals surface area contributed by atoms with E-state index in [9.17, 15) is 30.3 Å². The smallest absolute Gasteiger partial charge is 0.262 e. The maximum Gasteiger partial charge on any atom is 0.331 e. The molecule has 4 rings (SSSR count). The Bertz CT molecular complexity index is 1320. The fourth-order valence-corrected chi connectivity index (χ4v) is 3.32. The molecule has 32 heavy (non-hydrogen) atoms. The number of allylic oxidation sites excluding steroid dienone is 2. The second kappa shape index (κ2) is 7.51. The number of nitrogens with zero attached hydrogens (tertiary/aromatic N) is 7. The van der Waals surface area contributed by atoms with E-state index in [4.69, 9.17) is 5.84 Å². The van der Waals surface area contributed by atoms with Crippen LogP contribution in [-0.2, 0) is 0 Å². The normalized spacial score (nSPS) is 17.7. The number of non-ortho nitro benzene ring substituents is 2. The van der Waals surface area contributed by atoms with Gasteiger partial charge in [0.1, 0.15) is 5.52 Å². The lowest BCUT2D eigenvalue weighted by atomic mass is 9.98. The highest BCUT2D eigenvalue weighted by Crippen LogP contribution is 2.33.